The summed E-state index contributed by atoms with van der Waals surface area (Å²) in [6, 6.07) is -0.464. The van der Waals surface area contributed by atoms with E-state index in [2.05, 4.69) is 10.6 Å². The summed E-state index contributed by atoms with van der Waals surface area (Å²) in [5.74, 6) is -0.141. The topological polar surface area (TPSA) is 81.6 Å². The van der Waals surface area contributed by atoms with Crippen LogP contribution in [0.4, 0.5) is 0 Å². The second-order valence-corrected chi connectivity index (χ2v) is 5.56. The molecule has 0 aromatic carbocycles. The first kappa shape index (κ1) is 16.4. The third-order valence-corrected chi connectivity index (χ3v) is 2.70. The standard InChI is InChI=1S/C12H26N2O3/c1-6-12(7-15,8-16)13-9(2)10(17)14-11(3,4)5/h9,13,15-16H,6-8H2,1-5H3,(H,14,17). The van der Waals surface area contributed by atoms with E-state index in [4.69, 9.17) is 0 Å². The molecule has 5 nitrogen and oxygen atoms in total. The molecule has 0 aromatic heterocycles. The number of carbonyl (C=O) groups excluding carboxylic acids is 1. The Morgan fingerprint density at radius 1 is 1.24 bits per heavy atom. The molecule has 1 unspecified atom stereocenters. The van der Waals surface area contributed by atoms with Crippen molar-refractivity contribution in [1.29, 1.82) is 0 Å². The Morgan fingerprint density at radius 2 is 1.71 bits per heavy atom. The van der Waals surface area contributed by atoms with Crippen LogP contribution in [-0.4, -0.2) is 46.5 Å². The molecule has 0 fully saturated rings. The quantitative estimate of drug-likeness (QED) is 0.532. The van der Waals surface area contributed by atoms with E-state index in [0.717, 1.165) is 0 Å². The van der Waals surface area contributed by atoms with Crippen molar-refractivity contribution in [1.82, 2.24) is 10.6 Å². The average Bonchev–Trinajstić information content (AvgIpc) is 2.23. The first-order valence-electron chi connectivity index (χ1n) is 6.01. The predicted octanol–water partition coefficient (Wildman–Crippen LogP) is 0.0126. The Labute approximate surface area is 104 Å². The number of hydrogen-bond donors (Lipinski definition) is 4. The van der Waals surface area contributed by atoms with Gasteiger partial charge in [-0.25, -0.2) is 0 Å². The molecule has 0 radical (unpaired) electrons. The van der Waals surface area contributed by atoms with E-state index in [1.807, 2.05) is 27.7 Å². The van der Waals surface area contributed by atoms with E-state index in [0.29, 0.717) is 6.42 Å². The van der Waals surface area contributed by atoms with E-state index in [-0.39, 0.29) is 24.7 Å². The molecule has 0 aromatic rings. The largest absolute Gasteiger partial charge is 0.394 e. The van der Waals surface area contributed by atoms with E-state index in [9.17, 15) is 15.0 Å². The molecular weight excluding hydrogens is 220 g/mol. The highest BCUT2D eigenvalue weighted by Gasteiger charge is 2.31. The van der Waals surface area contributed by atoms with Crippen LogP contribution in [0.3, 0.4) is 0 Å². The summed E-state index contributed by atoms with van der Waals surface area (Å²) in [6.45, 7) is 8.89. The van der Waals surface area contributed by atoms with Crippen LogP contribution in [0.1, 0.15) is 41.0 Å². The summed E-state index contributed by atoms with van der Waals surface area (Å²) in [5, 5.41) is 24.4. The van der Waals surface area contributed by atoms with Gasteiger partial charge in [-0.2, -0.15) is 0 Å². The van der Waals surface area contributed by atoms with Crippen LogP contribution >= 0.6 is 0 Å². The molecular formula is C12H26N2O3. The van der Waals surface area contributed by atoms with Gasteiger partial charge in [0.15, 0.2) is 0 Å². The molecule has 0 bridgehead atoms. The normalized spacial score (nSPS) is 14.5. The molecule has 17 heavy (non-hydrogen) atoms. The van der Waals surface area contributed by atoms with Gasteiger partial charge in [-0.3, -0.25) is 10.1 Å². The summed E-state index contributed by atoms with van der Waals surface area (Å²) in [4.78, 5) is 11.8. The number of aliphatic hydroxyl groups excluding tert-OH is 2. The lowest BCUT2D eigenvalue weighted by Crippen LogP contribution is -2.59. The van der Waals surface area contributed by atoms with Crippen LogP contribution in [0.5, 0.6) is 0 Å². The molecule has 0 heterocycles. The van der Waals surface area contributed by atoms with Crippen LogP contribution in [0.15, 0.2) is 0 Å². The number of aliphatic hydroxyl groups is 2. The monoisotopic (exact) mass is 246 g/mol. The Balaban J connectivity index is 4.51. The zero-order chi connectivity index (χ0) is 13.7. The van der Waals surface area contributed by atoms with Gasteiger partial charge in [-0.05, 0) is 34.1 Å². The molecule has 0 spiro atoms. The maximum Gasteiger partial charge on any atom is 0.237 e. The van der Waals surface area contributed by atoms with Gasteiger partial charge in [0, 0.05) is 5.54 Å². The summed E-state index contributed by atoms with van der Waals surface area (Å²) in [5.41, 5.74) is -1.09. The summed E-state index contributed by atoms with van der Waals surface area (Å²) in [6.07, 6.45) is 0.549. The van der Waals surface area contributed by atoms with E-state index < -0.39 is 11.6 Å². The molecule has 1 atom stereocenters. The molecule has 0 aliphatic carbocycles. The molecule has 0 saturated heterocycles. The van der Waals surface area contributed by atoms with Crippen molar-refractivity contribution in [2.24, 2.45) is 0 Å². The van der Waals surface area contributed by atoms with Gasteiger partial charge in [-0.1, -0.05) is 6.92 Å². The van der Waals surface area contributed by atoms with Crippen molar-refractivity contribution >= 4 is 5.91 Å². The molecule has 0 rings (SSSR count). The third kappa shape index (κ3) is 5.48. The lowest BCUT2D eigenvalue weighted by Gasteiger charge is -2.34. The molecule has 4 N–H and O–H groups in total. The zero-order valence-corrected chi connectivity index (χ0v) is 11.5. The first-order chi connectivity index (χ1) is 7.69. The second kappa shape index (κ2) is 6.33. The Morgan fingerprint density at radius 3 is 2.00 bits per heavy atom. The van der Waals surface area contributed by atoms with Crippen molar-refractivity contribution in [2.45, 2.75) is 58.2 Å². The number of amides is 1. The molecule has 5 heteroatoms. The summed E-state index contributed by atoms with van der Waals surface area (Å²) >= 11 is 0. The van der Waals surface area contributed by atoms with Crippen molar-refractivity contribution in [3.05, 3.63) is 0 Å². The molecule has 1 amide bonds. The number of rotatable bonds is 6. The van der Waals surface area contributed by atoms with Crippen LogP contribution in [0, 0.1) is 0 Å². The van der Waals surface area contributed by atoms with Crippen molar-refractivity contribution in [3.63, 3.8) is 0 Å². The van der Waals surface area contributed by atoms with Crippen LogP contribution in [0.25, 0.3) is 0 Å². The number of nitrogens with one attached hydrogen (secondary N) is 2. The minimum absolute atomic E-state index is 0.141. The Hall–Kier alpha value is -0.650. The van der Waals surface area contributed by atoms with Gasteiger partial charge < -0.3 is 15.5 Å². The smallest absolute Gasteiger partial charge is 0.237 e. The van der Waals surface area contributed by atoms with Crippen LogP contribution in [-0.2, 0) is 4.79 Å². The minimum atomic E-state index is -0.797. The maximum atomic E-state index is 11.8. The highest BCUT2D eigenvalue weighted by atomic mass is 16.3. The summed E-state index contributed by atoms with van der Waals surface area (Å²) < 4.78 is 0. The third-order valence-electron chi connectivity index (χ3n) is 2.70. The van der Waals surface area contributed by atoms with E-state index >= 15 is 0 Å². The van der Waals surface area contributed by atoms with Gasteiger partial charge in [-0.15, -0.1) is 0 Å². The SMILES string of the molecule is CCC(CO)(CO)NC(C)C(=O)NC(C)(C)C. The molecule has 0 aliphatic rings. The highest BCUT2D eigenvalue weighted by Crippen LogP contribution is 2.10. The van der Waals surface area contributed by atoms with Crippen molar-refractivity contribution < 1.29 is 15.0 Å². The maximum absolute atomic E-state index is 11.8. The lowest BCUT2D eigenvalue weighted by atomic mass is 9.97. The van der Waals surface area contributed by atoms with E-state index in [1.54, 1.807) is 6.92 Å². The average molecular weight is 246 g/mol. The lowest BCUT2D eigenvalue weighted by molar-refractivity contribution is -0.125. The fourth-order valence-electron chi connectivity index (χ4n) is 1.47. The first-order valence-corrected chi connectivity index (χ1v) is 6.01. The van der Waals surface area contributed by atoms with Gasteiger partial charge >= 0.3 is 0 Å². The Bertz CT molecular complexity index is 236. The second-order valence-electron chi connectivity index (χ2n) is 5.56. The van der Waals surface area contributed by atoms with Gasteiger partial charge in [0.05, 0.1) is 24.8 Å². The fraction of sp³-hybridized carbons (Fsp3) is 0.917. The molecule has 102 valence electrons. The summed E-state index contributed by atoms with van der Waals surface area (Å²) in [7, 11) is 0. The fourth-order valence-corrected chi connectivity index (χ4v) is 1.47. The molecule has 0 aliphatic heterocycles. The van der Waals surface area contributed by atoms with E-state index in [1.165, 1.54) is 0 Å². The van der Waals surface area contributed by atoms with Crippen molar-refractivity contribution in [2.75, 3.05) is 13.2 Å². The molecule has 0 saturated carbocycles. The number of carbonyl (C=O) groups is 1. The van der Waals surface area contributed by atoms with Crippen LogP contribution in [0.2, 0.25) is 0 Å². The number of hydrogen-bond acceptors (Lipinski definition) is 4. The highest BCUT2D eigenvalue weighted by molar-refractivity contribution is 5.82. The van der Waals surface area contributed by atoms with Gasteiger partial charge in [0.2, 0.25) is 5.91 Å². The minimum Gasteiger partial charge on any atom is -0.394 e. The predicted molar refractivity (Wildman–Crippen MR) is 67.7 cm³/mol. The van der Waals surface area contributed by atoms with Gasteiger partial charge in [0.1, 0.15) is 0 Å². The van der Waals surface area contributed by atoms with Crippen LogP contribution < -0.4 is 10.6 Å². The van der Waals surface area contributed by atoms with Gasteiger partial charge in [0.25, 0.3) is 0 Å². The zero-order valence-electron chi connectivity index (χ0n) is 11.5. The Kier molecular flexibility index (Phi) is 6.09. The van der Waals surface area contributed by atoms with Crippen molar-refractivity contribution in [3.8, 4) is 0 Å².